The van der Waals surface area contributed by atoms with E-state index >= 15 is 0 Å². The van der Waals surface area contributed by atoms with Gasteiger partial charge in [-0.25, -0.2) is 0 Å². The van der Waals surface area contributed by atoms with Crippen molar-refractivity contribution < 1.29 is 5.11 Å². The molecule has 1 heterocycles. The van der Waals surface area contributed by atoms with Crippen LogP contribution in [0.2, 0.25) is 0 Å². The highest BCUT2D eigenvalue weighted by Gasteiger charge is 2.04. The Morgan fingerprint density at radius 3 is 2.87 bits per heavy atom. The number of pyridine rings is 1. The van der Waals surface area contributed by atoms with Gasteiger partial charge in [-0.3, -0.25) is 4.98 Å². The molecule has 0 atom stereocenters. The topological polar surface area (TPSA) is 33.1 Å². The van der Waals surface area contributed by atoms with Crippen molar-refractivity contribution in [3.63, 3.8) is 0 Å². The largest absolute Gasteiger partial charge is 0.506 e. The lowest BCUT2D eigenvalue weighted by molar-refractivity contribution is 0.479. The molecule has 0 bridgehead atoms. The Morgan fingerprint density at radius 2 is 2.13 bits per heavy atom. The summed E-state index contributed by atoms with van der Waals surface area (Å²) >= 11 is 0. The van der Waals surface area contributed by atoms with Gasteiger partial charge in [0.2, 0.25) is 0 Å². The smallest absolute Gasteiger partial charge is 0.142 e. The summed E-state index contributed by atoms with van der Waals surface area (Å²) in [5.41, 5.74) is 1.85. The SMILES string of the molecule is CC(C)Cc1cc(O)c2ncccc2c1. The molecule has 2 heteroatoms. The fraction of sp³-hybridized carbons (Fsp3) is 0.308. The Balaban J connectivity index is 2.52. The lowest BCUT2D eigenvalue weighted by Crippen LogP contribution is -1.94. The lowest BCUT2D eigenvalue weighted by atomic mass is 10.0. The molecular formula is C13H15NO. The maximum Gasteiger partial charge on any atom is 0.142 e. The molecule has 0 aliphatic rings. The molecule has 15 heavy (non-hydrogen) atoms. The van der Waals surface area contributed by atoms with E-state index in [-0.39, 0.29) is 5.75 Å². The van der Waals surface area contributed by atoms with Gasteiger partial charge in [-0.2, -0.15) is 0 Å². The number of fused-ring (bicyclic) bond motifs is 1. The molecular weight excluding hydrogens is 186 g/mol. The van der Waals surface area contributed by atoms with Crippen LogP contribution in [0.1, 0.15) is 19.4 Å². The molecule has 0 aliphatic carbocycles. The van der Waals surface area contributed by atoms with Crippen molar-refractivity contribution in [2.75, 3.05) is 0 Å². The van der Waals surface area contributed by atoms with E-state index in [0.717, 1.165) is 11.8 Å². The van der Waals surface area contributed by atoms with Gasteiger partial charge in [0.05, 0.1) is 0 Å². The molecule has 0 saturated heterocycles. The summed E-state index contributed by atoms with van der Waals surface area (Å²) in [6.07, 6.45) is 2.68. The second kappa shape index (κ2) is 3.89. The van der Waals surface area contributed by atoms with E-state index in [9.17, 15) is 5.11 Å². The van der Waals surface area contributed by atoms with Crippen LogP contribution in [0.25, 0.3) is 10.9 Å². The number of benzene rings is 1. The third kappa shape index (κ3) is 2.09. The summed E-state index contributed by atoms with van der Waals surface area (Å²) in [5, 5.41) is 10.8. The highest BCUT2D eigenvalue weighted by atomic mass is 16.3. The summed E-state index contributed by atoms with van der Waals surface area (Å²) in [6, 6.07) is 7.78. The second-order valence-corrected chi connectivity index (χ2v) is 4.29. The van der Waals surface area contributed by atoms with E-state index in [1.807, 2.05) is 18.2 Å². The van der Waals surface area contributed by atoms with Crippen molar-refractivity contribution in [3.05, 3.63) is 36.0 Å². The lowest BCUT2D eigenvalue weighted by Gasteiger charge is -2.07. The first-order valence-corrected chi connectivity index (χ1v) is 5.23. The van der Waals surface area contributed by atoms with E-state index in [1.165, 1.54) is 5.56 Å². The molecule has 78 valence electrons. The first-order chi connectivity index (χ1) is 7.16. The van der Waals surface area contributed by atoms with Gasteiger partial charge in [0.1, 0.15) is 11.3 Å². The van der Waals surface area contributed by atoms with Gasteiger partial charge < -0.3 is 5.11 Å². The van der Waals surface area contributed by atoms with Crippen LogP contribution in [-0.2, 0) is 6.42 Å². The number of aromatic hydroxyl groups is 1. The number of hydrogen-bond acceptors (Lipinski definition) is 2. The zero-order valence-corrected chi connectivity index (χ0v) is 9.07. The summed E-state index contributed by atoms with van der Waals surface area (Å²) < 4.78 is 0. The van der Waals surface area contributed by atoms with Crippen molar-refractivity contribution in [1.82, 2.24) is 4.98 Å². The minimum Gasteiger partial charge on any atom is -0.506 e. The van der Waals surface area contributed by atoms with Gasteiger partial charge in [-0.15, -0.1) is 0 Å². The van der Waals surface area contributed by atoms with Crippen LogP contribution in [0.15, 0.2) is 30.5 Å². The molecule has 0 amide bonds. The molecule has 2 aromatic rings. The summed E-state index contributed by atoms with van der Waals surface area (Å²) in [6.45, 7) is 4.34. The van der Waals surface area contributed by atoms with Crippen LogP contribution >= 0.6 is 0 Å². The Kier molecular flexibility index (Phi) is 2.58. The number of aromatic nitrogens is 1. The Bertz CT molecular complexity index is 477. The van der Waals surface area contributed by atoms with Crippen molar-refractivity contribution >= 4 is 10.9 Å². The zero-order chi connectivity index (χ0) is 10.8. The highest BCUT2D eigenvalue weighted by molar-refractivity contribution is 5.84. The van der Waals surface area contributed by atoms with Crippen LogP contribution in [0, 0.1) is 5.92 Å². The third-order valence-electron chi connectivity index (χ3n) is 2.39. The first-order valence-electron chi connectivity index (χ1n) is 5.23. The van der Waals surface area contributed by atoms with Crippen LogP contribution < -0.4 is 0 Å². The molecule has 1 aromatic carbocycles. The Morgan fingerprint density at radius 1 is 1.33 bits per heavy atom. The minimum absolute atomic E-state index is 0.281. The Labute approximate surface area is 89.6 Å². The van der Waals surface area contributed by atoms with Crippen LogP contribution in [0.4, 0.5) is 0 Å². The summed E-state index contributed by atoms with van der Waals surface area (Å²) in [4.78, 5) is 4.15. The molecule has 0 radical (unpaired) electrons. The van der Waals surface area contributed by atoms with Crippen LogP contribution in [0.3, 0.4) is 0 Å². The zero-order valence-electron chi connectivity index (χ0n) is 9.07. The normalized spacial score (nSPS) is 11.1. The van der Waals surface area contributed by atoms with Gasteiger partial charge in [0.25, 0.3) is 0 Å². The van der Waals surface area contributed by atoms with E-state index in [4.69, 9.17) is 0 Å². The van der Waals surface area contributed by atoms with E-state index in [2.05, 4.69) is 24.9 Å². The first kappa shape index (κ1) is 9.97. The van der Waals surface area contributed by atoms with Crippen molar-refractivity contribution in [2.45, 2.75) is 20.3 Å². The molecule has 0 unspecified atom stereocenters. The number of nitrogens with zero attached hydrogens (tertiary/aromatic N) is 1. The van der Waals surface area contributed by atoms with Gasteiger partial charge in [0.15, 0.2) is 0 Å². The van der Waals surface area contributed by atoms with Gasteiger partial charge in [-0.05, 0) is 36.1 Å². The molecule has 0 aliphatic heterocycles. The van der Waals surface area contributed by atoms with E-state index < -0.39 is 0 Å². The third-order valence-corrected chi connectivity index (χ3v) is 2.39. The van der Waals surface area contributed by atoms with E-state index in [0.29, 0.717) is 11.4 Å². The molecule has 1 N–H and O–H groups in total. The molecule has 2 rings (SSSR count). The van der Waals surface area contributed by atoms with Crippen molar-refractivity contribution in [2.24, 2.45) is 5.92 Å². The summed E-state index contributed by atoms with van der Waals surface area (Å²) in [5.74, 6) is 0.877. The molecule has 0 spiro atoms. The number of phenolic OH excluding ortho intramolecular Hbond substituents is 1. The second-order valence-electron chi connectivity index (χ2n) is 4.29. The molecule has 2 nitrogen and oxygen atoms in total. The summed E-state index contributed by atoms with van der Waals surface area (Å²) in [7, 11) is 0. The van der Waals surface area contributed by atoms with Gasteiger partial charge >= 0.3 is 0 Å². The Hall–Kier alpha value is -1.57. The van der Waals surface area contributed by atoms with E-state index in [1.54, 1.807) is 6.20 Å². The number of hydrogen-bond donors (Lipinski definition) is 1. The van der Waals surface area contributed by atoms with Crippen LogP contribution in [-0.4, -0.2) is 10.1 Å². The number of phenols is 1. The quantitative estimate of drug-likeness (QED) is 0.809. The molecule has 0 fully saturated rings. The molecule has 0 saturated carbocycles. The average Bonchev–Trinajstić information content (AvgIpc) is 2.16. The molecule has 1 aromatic heterocycles. The standard InChI is InChI=1S/C13H15NO/c1-9(2)6-10-7-11-4-3-5-14-13(11)12(15)8-10/h3-5,7-9,15H,6H2,1-2H3. The minimum atomic E-state index is 0.281. The number of rotatable bonds is 2. The fourth-order valence-corrected chi connectivity index (χ4v) is 1.82. The average molecular weight is 201 g/mol. The highest BCUT2D eigenvalue weighted by Crippen LogP contribution is 2.25. The maximum atomic E-state index is 9.80. The predicted molar refractivity (Wildman–Crippen MR) is 61.9 cm³/mol. The van der Waals surface area contributed by atoms with Gasteiger partial charge in [0, 0.05) is 11.6 Å². The monoisotopic (exact) mass is 201 g/mol. The van der Waals surface area contributed by atoms with Crippen molar-refractivity contribution in [1.29, 1.82) is 0 Å². The predicted octanol–water partition coefficient (Wildman–Crippen LogP) is 3.14. The maximum absolute atomic E-state index is 9.80. The fourth-order valence-electron chi connectivity index (χ4n) is 1.82. The van der Waals surface area contributed by atoms with Gasteiger partial charge in [-0.1, -0.05) is 19.9 Å². The van der Waals surface area contributed by atoms with Crippen LogP contribution in [0.5, 0.6) is 5.75 Å². The van der Waals surface area contributed by atoms with Crippen molar-refractivity contribution in [3.8, 4) is 5.75 Å².